The number of alkyl halides is 3. The van der Waals surface area contributed by atoms with Gasteiger partial charge in [-0.05, 0) is 61.7 Å². The SMILES string of the molecule is Cc1ccc(-c2noc([C@H]3C[C@@H]3F)n2)cc1NC(=O)c1cnn2ccc(-c3ccc(N4CC(F)(F)C4)nc3C)cc12. The Morgan fingerprint density at radius 1 is 1.07 bits per heavy atom. The number of hydrogen-bond acceptors (Lipinski definition) is 7. The number of amides is 1. The van der Waals surface area contributed by atoms with Gasteiger partial charge < -0.3 is 14.7 Å². The number of rotatable bonds is 6. The second kappa shape index (κ2) is 9.15. The zero-order valence-electron chi connectivity index (χ0n) is 22.1. The van der Waals surface area contributed by atoms with Crippen LogP contribution in [0.15, 0.2) is 59.4 Å². The first-order valence-electron chi connectivity index (χ1n) is 13.1. The predicted octanol–water partition coefficient (Wildman–Crippen LogP) is 5.60. The lowest BCUT2D eigenvalue weighted by Crippen LogP contribution is -2.56. The Balaban J connectivity index is 1.14. The van der Waals surface area contributed by atoms with E-state index < -0.39 is 12.1 Å². The smallest absolute Gasteiger partial charge is 0.282 e. The third kappa shape index (κ3) is 4.58. The lowest BCUT2D eigenvalue weighted by molar-refractivity contribution is -0.0267. The molecule has 0 bridgehead atoms. The van der Waals surface area contributed by atoms with Gasteiger partial charge in [0.25, 0.3) is 11.8 Å². The van der Waals surface area contributed by atoms with Crippen LogP contribution >= 0.6 is 0 Å². The summed E-state index contributed by atoms with van der Waals surface area (Å²) in [5.41, 5.74) is 5.31. The fraction of sp³-hybridized carbons (Fsp3) is 0.276. The Morgan fingerprint density at radius 2 is 1.88 bits per heavy atom. The maximum absolute atomic E-state index is 13.4. The first-order chi connectivity index (χ1) is 19.6. The number of nitrogens with one attached hydrogen (secondary N) is 1. The van der Waals surface area contributed by atoms with Crippen molar-refractivity contribution in [3.8, 4) is 22.5 Å². The number of aryl methyl sites for hydroxylation is 2. The minimum absolute atomic E-state index is 0.281. The van der Waals surface area contributed by atoms with Gasteiger partial charge in [-0.1, -0.05) is 17.3 Å². The van der Waals surface area contributed by atoms with Gasteiger partial charge in [-0.25, -0.2) is 22.7 Å². The van der Waals surface area contributed by atoms with Crippen molar-refractivity contribution in [1.29, 1.82) is 0 Å². The van der Waals surface area contributed by atoms with Crippen molar-refractivity contribution in [3.63, 3.8) is 0 Å². The van der Waals surface area contributed by atoms with Gasteiger partial charge in [-0.3, -0.25) is 4.79 Å². The van der Waals surface area contributed by atoms with Crippen molar-refractivity contribution >= 4 is 22.9 Å². The van der Waals surface area contributed by atoms with Gasteiger partial charge in [0.2, 0.25) is 11.7 Å². The van der Waals surface area contributed by atoms with Crippen molar-refractivity contribution in [3.05, 3.63) is 77.6 Å². The molecule has 1 aliphatic heterocycles. The summed E-state index contributed by atoms with van der Waals surface area (Å²) in [6, 6.07) is 12.7. The summed E-state index contributed by atoms with van der Waals surface area (Å²) in [5, 5.41) is 11.3. The van der Waals surface area contributed by atoms with E-state index in [-0.39, 0.29) is 30.8 Å². The molecule has 0 radical (unpaired) electrons. The molecule has 1 aromatic carbocycles. The van der Waals surface area contributed by atoms with Crippen LogP contribution in [-0.4, -0.2) is 55.8 Å². The van der Waals surface area contributed by atoms with Crippen LogP contribution in [0, 0.1) is 13.8 Å². The number of carbonyl (C=O) groups is 1. The van der Waals surface area contributed by atoms with Gasteiger partial charge in [0, 0.05) is 28.7 Å². The van der Waals surface area contributed by atoms with Crippen molar-refractivity contribution < 1.29 is 22.5 Å². The Morgan fingerprint density at radius 3 is 2.61 bits per heavy atom. The molecule has 2 aliphatic rings. The minimum atomic E-state index is -2.68. The van der Waals surface area contributed by atoms with E-state index in [1.165, 1.54) is 6.20 Å². The topological polar surface area (TPSA) is 101 Å². The zero-order chi connectivity index (χ0) is 28.5. The fourth-order valence-electron chi connectivity index (χ4n) is 5.03. The molecule has 9 nitrogen and oxygen atoms in total. The van der Waals surface area contributed by atoms with E-state index in [1.54, 1.807) is 27.7 Å². The molecule has 1 saturated heterocycles. The lowest BCUT2D eigenvalue weighted by atomic mass is 10.0. The molecule has 2 fully saturated rings. The summed E-state index contributed by atoms with van der Waals surface area (Å²) < 4.78 is 46.8. The normalized spacial score (nSPS) is 19.3. The summed E-state index contributed by atoms with van der Waals surface area (Å²) in [5.74, 6) is -2.25. The molecular weight excluding hydrogens is 535 g/mol. The van der Waals surface area contributed by atoms with Crippen LogP contribution in [0.5, 0.6) is 0 Å². The molecule has 208 valence electrons. The fourth-order valence-corrected chi connectivity index (χ4v) is 5.03. The van der Waals surface area contributed by atoms with Crippen molar-refractivity contribution in [2.45, 2.75) is 38.3 Å². The predicted molar refractivity (Wildman–Crippen MR) is 145 cm³/mol. The van der Waals surface area contributed by atoms with Gasteiger partial charge in [0.05, 0.1) is 36.3 Å². The monoisotopic (exact) mass is 559 g/mol. The lowest BCUT2D eigenvalue weighted by Gasteiger charge is -2.39. The van der Waals surface area contributed by atoms with Gasteiger partial charge in [0.1, 0.15) is 12.0 Å². The van der Waals surface area contributed by atoms with E-state index in [1.807, 2.05) is 44.2 Å². The van der Waals surface area contributed by atoms with Crippen LogP contribution in [0.2, 0.25) is 0 Å². The number of benzene rings is 1. The van der Waals surface area contributed by atoms with E-state index in [9.17, 15) is 18.0 Å². The molecule has 5 aromatic rings. The molecule has 1 N–H and O–H groups in total. The highest BCUT2D eigenvalue weighted by molar-refractivity contribution is 6.09. The highest BCUT2D eigenvalue weighted by Gasteiger charge is 2.45. The van der Waals surface area contributed by atoms with Crippen molar-refractivity contribution in [2.24, 2.45) is 0 Å². The van der Waals surface area contributed by atoms with Crippen LogP contribution in [0.25, 0.3) is 28.0 Å². The summed E-state index contributed by atoms with van der Waals surface area (Å²) in [6.07, 6.45) is 2.70. The van der Waals surface area contributed by atoms with Crippen molar-refractivity contribution in [1.82, 2.24) is 24.7 Å². The molecule has 12 heteroatoms. The average molecular weight is 560 g/mol. The molecule has 1 saturated carbocycles. The summed E-state index contributed by atoms with van der Waals surface area (Å²) in [7, 11) is 0. The highest BCUT2D eigenvalue weighted by atomic mass is 19.3. The number of nitrogens with zero attached hydrogens (tertiary/aromatic N) is 6. The van der Waals surface area contributed by atoms with Gasteiger partial charge >= 0.3 is 0 Å². The molecule has 41 heavy (non-hydrogen) atoms. The molecular formula is C29H24F3N7O2. The summed E-state index contributed by atoms with van der Waals surface area (Å²) in [6.45, 7) is 3.02. The Bertz CT molecular complexity index is 1820. The van der Waals surface area contributed by atoms with Crippen LogP contribution < -0.4 is 10.2 Å². The number of halogens is 3. The number of aromatic nitrogens is 5. The Labute approximate surface area is 232 Å². The quantitative estimate of drug-likeness (QED) is 0.289. The zero-order valence-corrected chi connectivity index (χ0v) is 22.1. The molecule has 4 aromatic heterocycles. The third-order valence-electron chi connectivity index (χ3n) is 7.53. The number of fused-ring (bicyclic) bond motifs is 1. The molecule has 2 atom stereocenters. The largest absolute Gasteiger partial charge is 0.344 e. The molecule has 1 amide bonds. The standard InChI is InChI=1S/C29H24F3N7O2/c1-15-3-4-18(26-36-28(41-37-26)20-11-22(20)30)9-23(15)35-27(40)21-12-33-39-8-7-17(10-24(21)39)19-5-6-25(34-16(19)2)38-13-29(31,32)14-38/h3-10,12,20,22H,11,13-14H2,1-2H3,(H,35,40)/t20-,22-/m0/s1. The molecule has 7 rings (SSSR count). The molecule has 5 heterocycles. The Hall–Kier alpha value is -4.74. The average Bonchev–Trinajstić information content (AvgIpc) is 3.30. The third-order valence-corrected chi connectivity index (χ3v) is 7.53. The summed E-state index contributed by atoms with van der Waals surface area (Å²) in [4.78, 5) is 23.8. The second-order valence-corrected chi connectivity index (χ2v) is 10.6. The second-order valence-electron chi connectivity index (χ2n) is 10.6. The van der Waals surface area contributed by atoms with Gasteiger partial charge in [-0.15, -0.1) is 0 Å². The van der Waals surface area contributed by atoms with E-state index in [4.69, 9.17) is 4.52 Å². The first-order valence-corrected chi connectivity index (χ1v) is 13.1. The maximum atomic E-state index is 13.4. The molecule has 1 aliphatic carbocycles. The molecule has 0 unspecified atom stereocenters. The van der Waals surface area contributed by atoms with E-state index in [2.05, 4.69) is 25.5 Å². The van der Waals surface area contributed by atoms with Gasteiger partial charge in [-0.2, -0.15) is 10.1 Å². The number of carbonyl (C=O) groups excluding carboxylic acids is 1. The van der Waals surface area contributed by atoms with E-state index in [0.717, 1.165) is 16.7 Å². The number of anilines is 2. The van der Waals surface area contributed by atoms with Crippen molar-refractivity contribution in [2.75, 3.05) is 23.3 Å². The first kappa shape index (κ1) is 25.2. The van der Waals surface area contributed by atoms with Crippen LogP contribution in [-0.2, 0) is 0 Å². The number of pyridine rings is 2. The van der Waals surface area contributed by atoms with E-state index >= 15 is 0 Å². The molecule has 0 spiro atoms. The van der Waals surface area contributed by atoms with Crippen LogP contribution in [0.4, 0.5) is 24.7 Å². The van der Waals surface area contributed by atoms with Gasteiger partial charge in [0.15, 0.2) is 0 Å². The maximum Gasteiger partial charge on any atom is 0.282 e. The van der Waals surface area contributed by atoms with Crippen LogP contribution in [0.1, 0.15) is 39.8 Å². The number of hydrogen-bond donors (Lipinski definition) is 1. The van der Waals surface area contributed by atoms with E-state index in [0.29, 0.717) is 46.1 Å². The minimum Gasteiger partial charge on any atom is -0.344 e. The summed E-state index contributed by atoms with van der Waals surface area (Å²) >= 11 is 0. The Kier molecular flexibility index (Phi) is 5.63. The highest BCUT2D eigenvalue weighted by Crippen LogP contribution is 2.43. The van der Waals surface area contributed by atoms with Crippen LogP contribution in [0.3, 0.4) is 0 Å².